The Kier molecular flexibility index (Phi) is 6.73. The van der Waals surface area contributed by atoms with Gasteiger partial charge in [0, 0.05) is 48.3 Å². The van der Waals surface area contributed by atoms with E-state index in [2.05, 4.69) is 34.0 Å². The zero-order valence-corrected chi connectivity index (χ0v) is 20.6. The van der Waals surface area contributed by atoms with E-state index in [1.54, 1.807) is 19.1 Å². The minimum atomic E-state index is -0.396. The summed E-state index contributed by atoms with van der Waals surface area (Å²) in [5, 5.41) is 11.7. The molecule has 0 unspecified atom stereocenters. The number of hydrogen-bond donors (Lipinski definition) is 2. The molecule has 1 aliphatic rings. The molecule has 0 aliphatic carbocycles. The van der Waals surface area contributed by atoms with Crippen molar-refractivity contribution in [2.24, 2.45) is 4.99 Å². The van der Waals surface area contributed by atoms with Gasteiger partial charge in [0.2, 0.25) is 0 Å². The van der Waals surface area contributed by atoms with Crippen molar-refractivity contribution < 1.29 is 14.6 Å². The molecule has 0 spiro atoms. The average Bonchev–Trinajstić information content (AvgIpc) is 3.23. The second kappa shape index (κ2) is 10.3. The van der Waals surface area contributed by atoms with E-state index in [9.17, 15) is 9.90 Å². The van der Waals surface area contributed by atoms with Crippen molar-refractivity contribution in [1.29, 1.82) is 0 Å². The number of piperazine rings is 1. The maximum absolute atomic E-state index is 12.2. The van der Waals surface area contributed by atoms with Crippen LogP contribution in [0.5, 0.6) is 5.88 Å². The molecule has 3 aromatic carbocycles. The van der Waals surface area contributed by atoms with Gasteiger partial charge in [-0.3, -0.25) is 0 Å². The number of anilines is 1. The van der Waals surface area contributed by atoms with Crippen LogP contribution < -0.4 is 4.90 Å². The predicted molar refractivity (Wildman–Crippen MR) is 144 cm³/mol. The molecule has 1 aromatic heterocycles. The molecule has 184 valence electrons. The highest BCUT2D eigenvalue weighted by atomic mass is 16.5. The summed E-state index contributed by atoms with van der Waals surface area (Å²) in [5.74, 6) is -0.393. The summed E-state index contributed by atoms with van der Waals surface area (Å²) in [7, 11) is 2.15. The summed E-state index contributed by atoms with van der Waals surface area (Å²) in [6, 6.07) is 23.3. The quantitative estimate of drug-likeness (QED) is 0.300. The maximum Gasteiger partial charge on any atom is 0.338 e. The number of esters is 1. The van der Waals surface area contributed by atoms with Gasteiger partial charge in [-0.25, -0.2) is 9.79 Å². The Bertz CT molecular complexity index is 1390. The van der Waals surface area contributed by atoms with Crippen molar-refractivity contribution in [2.75, 3.05) is 44.7 Å². The Morgan fingerprint density at radius 2 is 1.69 bits per heavy atom. The number of carbonyl (C=O) groups is 1. The molecule has 0 saturated carbocycles. The van der Waals surface area contributed by atoms with Gasteiger partial charge >= 0.3 is 5.97 Å². The summed E-state index contributed by atoms with van der Waals surface area (Å²) in [4.78, 5) is 24.9. The molecule has 7 heteroatoms. The number of likely N-dealkylation sites (N-methyl/N-ethyl adjacent to an activating group) is 1. The van der Waals surface area contributed by atoms with Gasteiger partial charge in [0.05, 0.1) is 29.1 Å². The first-order valence-electron chi connectivity index (χ1n) is 12.2. The third-order valence-corrected chi connectivity index (χ3v) is 6.53. The third-order valence-electron chi connectivity index (χ3n) is 6.53. The van der Waals surface area contributed by atoms with E-state index in [4.69, 9.17) is 9.73 Å². The lowest BCUT2D eigenvalue weighted by Gasteiger charge is -2.34. The topological polar surface area (TPSA) is 81.2 Å². The number of benzene rings is 3. The van der Waals surface area contributed by atoms with E-state index < -0.39 is 5.97 Å². The van der Waals surface area contributed by atoms with Crippen molar-refractivity contribution in [1.82, 2.24) is 9.88 Å². The van der Waals surface area contributed by atoms with Crippen molar-refractivity contribution in [3.63, 3.8) is 0 Å². The van der Waals surface area contributed by atoms with Crippen LogP contribution in [0.4, 0.5) is 11.4 Å². The third kappa shape index (κ3) is 4.83. The molecule has 5 rings (SSSR count). The van der Waals surface area contributed by atoms with Crippen molar-refractivity contribution in [3.8, 4) is 5.88 Å². The zero-order chi connectivity index (χ0) is 25.1. The van der Waals surface area contributed by atoms with Gasteiger partial charge in [0.1, 0.15) is 0 Å². The summed E-state index contributed by atoms with van der Waals surface area (Å²) in [6.45, 7) is 6.19. The number of H-pyrrole nitrogens is 1. The molecule has 7 nitrogen and oxygen atoms in total. The van der Waals surface area contributed by atoms with Crippen LogP contribution in [0.2, 0.25) is 0 Å². The number of nitrogens with one attached hydrogen (secondary N) is 1. The van der Waals surface area contributed by atoms with Crippen LogP contribution in [0.1, 0.15) is 28.4 Å². The number of carbonyl (C=O) groups excluding carboxylic acids is 1. The number of aromatic amines is 1. The molecule has 1 fully saturated rings. The van der Waals surface area contributed by atoms with Crippen LogP contribution in [0.25, 0.3) is 10.9 Å². The summed E-state index contributed by atoms with van der Waals surface area (Å²) in [6.07, 6.45) is 0. The molecular formula is C29H30N4O3. The van der Waals surface area contributed by atoms with Crippen molar-refractivity contribution in [3.05, 3.63) is 89.5 Å². The number of nitrogens with zero attached hydrogens (tertiary/aromatic N) is 3. The molecule has 36 heavy (non-hydrogen) atoms. The number of hydrogen-bond acceptors (Lipinski definition) is 6. The van der Waals surface area contributed by atoms with Crippen molar-refractivity contribution in [2.45, 2.75) is 6.92 Å². The Hall–Kier alpha value is -4.10. The normalized spacial score (nSPS) is 14.8. The highest BCUT2D eigenvalue weighted by molar-refractivity contribution is 6.22. The zero-order valence-electron chi connectivity index (χ0n) is 20.6. The summed E-state index contributed by atoms with van der Waals surface area (Å²) < 4.78 is 5.12. The lowest BCUT2D eigenvalue weighted by Crippen LogP contribution is -2.44. The minimum absolute atomic E-state index is 0.00247. The number of fused-ring (bicyclic) bond motifs is 1. The average molecular weight is 483 g/mol. The first-order valence-corrected chi connectivity index (χ1v) is 12.2. The van der Waals surface area contributed by atoms with Gasteiger partial charge in [0.25, 0.3) is 0 Å². The Morgan fingerprint density at radius 1 is 0.972 bits per heavy atom. The van der Waals surface area contributed by atoms with Crippen molar-refractivity contribution >= 4 is 34.0 Å². The molecule has 0 amide bonds. The Balaban J connectivity index is 1.54. The van der Waals surface area contributed by atoms with Crippen LogP contribution in [-0.2, 0) is 4.74 Å². The Labute approximate surface area is 210 Å². The van der Waals surface area contributed by atoms with Gasteiger partial charge in [-0.1, -0.05) is 36.4 Å². The SMILES string of the molecule is CCOC(=O)c1ccc2c(C(=Nc3ccc(N4CCN(C)CC4)cc3)c3ccccc3)c(O)[nH]c2c1. The van der Waals surface area contributed by atoms with Crippen LogP contribution in [-0.4, -0.2) is 66.5 Å². The monoisotopic (exact) mass is 482 g/mol. The van der Waals surface area contributed by atoms with Gasteiger partial charge in [-0.05, 0) is 50.4 Å². The number of rotatable bonds is 6. The highest BCUT2D eigenvalue weighted by Gasteiger charge is 2.20. The first-order chi connectivity index (χ1) is 17.5. The van der Waals surface area contributed by atoms with Gasteiger partial charge in [-0.15, -0.1) is 0 Å². The molecule has 2 N–H and O–H groups in total. The predicted octanol–water partition coefficient (Wildman–Crippen LogP) is 4.97. The van der Waals surface area contributed by atoms with E-state index in [0.29, 0.717) is 29.0 Å². The lowest BCUT2D eigenvalue weighted by molar-refractivity contribution is 0.0526. The fraction of sp³-hybridized carbons (Fsp3) is 0.241. The minimum Gasteiger partial charge on any atom is -0.494 e. The molecule has 4 aromatic rings. The van der Waals surface area contributed by atoms with Crippen LogP contribution in [0.15, 0.2) is 77.8 Å². The van der Waals surface area contributed by atoms with Crippen LogP contribution in [0, 0.1) is 0 Å². The fourth-order valence-corrected chi connectivity index (χ4v) is 4.56. The van der Waals surface area contributed by atoms with Gasteiger partial charge in [-0.2, -0.15) is 0 Å². The van der Waals surface area contributed by atoms with E-state index in [-0.39, 0.29) is 5.88 Å². The summed E-state index contributed by atoms with van der Waals surface area (Å²) in [5.41, 5.74) is 5.17. The lowest BCUT2D eigenvalue weighted by atomic mass is 10.00. The van der Waals surface area contributed by atoms with Gasteiger partial charge in [0.15, 0.2) is 5.88 Å². The molecule has 1 saturated heterocycles. The molecule has 0 radical (unpaired) electrons. The standard InChI is InChI=1S/C29H30N4O3/c1-3-36-29(35)21-9-14-24-25(19-21)31-28(34)26(24)27(20-7-5-4-6-8-20)30-22-10-12-23(13-11-22)33-17-15-32(2)16-18-33/h4-14,19,31,34H,3,15-18H2,1-2H3. The number of ether oxygens (including phenoxy) is 1. The first kappa shape index (κ1) is 23.6. The second-order valence-electron chi connectivity index (χ2n) is 8.96. The maximum atomic E-state index is 12.2. The molecule has 0 atom stereocenters. The van der Waals surface area contributed by atoms with Crippen LogP contribution in [0.3, 0.4) is 0 Å². The fourth-order valence-electron chi connectivity index (χ4n) is 4.56. The number of aliphatic imine (C=N–C) groups is 1. The van der Waals surface area contributed by atoms with E-state index >= 15 is 0 Å². The van der Waals surface area contributed by atoms with E-state index in [0.717, 1.165) is 42.8 Å². The number of aromatic nitrogens is 1. The number of aromatic hydroxyl groups is 1. The Morgan fingerprint density at radius 3 is 2.39 bits per heavy atom. The molecule has 0 bridgehead atoms. The molecular weight excluding hydrogens is 452 g/mol. The largest absolute Gasteiger partial charge is 0.494 e. The van der Waals surface area contributed by atoms with E-state index in [1.165, 1.54) is 5.69 Å². The van der Waals surface area contributed by atoms with Gasteiger partial charge < -0.3 is 24.6 Å². The van der Waals surface area contributed by atoms with E-state index in [1.807, 2.05) is 48.5 Å². The molecule has 1 aliphatic heterocycles. The highest BCUT2D eigenvalue weighted by Crippen LogP contribution is 2.32. The smallest absolute Gasteiger partial charge is 0.338 e. The summed E-state index contributed by atoms with van der Waals surface area (Å²) >= 11 is 0. The second-order valence-corrected chi connectivity index (χ2v) is 8.96. The molecule has 2 heterocycles. The van der Waals surface area contributed by atoms with Crippen LogP contribution >= 0.6 is 0 Å².